The van der Waals surface area contributed by atoms with Crippen molar-refractivity contribution in [2.75, 3.05) is 52.9 Å². The minimum atomic E-state index is -5.64. The first-order valence-electron chi connectivity index (χ1n) is 44.5. The van der Waals surface area contributed by atoms with E-state index in [0.29, 0.717) is 117 Å². The number of aliphatic hydroxyl groups is 2. The number of ketones is 1. The zero-order valence-corrected chi connectivity index (χ0v) is 81.2. The number of rotatable bonds is 32. The van der Waals surface area contributed by atoms with Crippen molar-refractivity contribution in [2.45, 2.75) is 192 Å². The zero-order valence-electron chi connectivity index (χ0n) is 77.5. The standard InChI is InChI=1S/C16H20O3.C15H17F3O4S.C15H18O4.C15H20O.2C14H18O2.C14H16O2.CH5P.3CH4.CH3.Y/c1-12-8-9-16(19-13(2)17)15(12)11-18-10-14-6-4-3-5-7-14;1-11-7-8-14(22-23(19,20)15(16,17)18)13(11)10-21-9-12-5-3-2-4-6-12;1-11(16)19-15-8-7-14(17)13(15)10-18-9-12-5-3-2-4-6-12;1-12-8-9-13(2)15(12)11-16-10-14-6-4-3-5-7-14;1-10-7-13-14(16-13)12(10)9-15-8-11-5-3-2-4-6-11;2*1-11-7-8-14(15)13(11)10-16-9-12-5-3-2-4-6-12;1-2;;;;;/h3-9,12,15-16H,10-11H2,1-2H3;2-6,8,11,13H,7,9-10H2,1H3;2-8,13-15,17H,9-10H2,1H3;3-8,13,15H,9-11H2,1-2H3;2-6,10,12-14H,7-9H2,1H3;2-8,11,13-15H,9-10H2,1H3;2-8,11,13H,9-10H2,1H3;2H2,1H3;3*1H4;1H3;/q;;;;;;;;;;;-1;/t12-,15+,16+;11-,13+;13-,14+,15-;13-,15-;10-,12+,13+,14-;11-,13+,14+;11-,13+;;;;;;/m0010000....../s1/i;;;;;;;2D;;;;;. The average Bonchev–Trinajstić information content (AvgIpc) is 1.61. The minimum Gasteiger partial charge on any atom is -0.458 e. The molecule has 0 bridgehead atoms. The summed E-state index contributed by atoms with van der Waals surface area (Å²) < 4.78 is 126. The number of esters is 2. The van der Waals surface area contributed by atoms with Crippen LogP contribution in [0, 0.1) is 84.4 Å². The van der Waals surface area contributed by atoms with Crippen LogP contribution in [0.2, 0.25) is 0 Å². The maximum Gasteiger partial charge on any atom is 0.534 e. The Hall–Kier alpha value is -7.74. The van der Waals surface area contributed by atoms with Crippen LogP contribution in [0.1, 0.15) is 143 Å². The Morgan fingerprint density at radius 2 is 0.750 bits per heavy atom. The molecule has 2 fully saturated rings. The van der Waals surface area contributed by atoms with E-state index in [-0.39, 0.29) is 134 Å². The summed E-state index contributed by atoms with van der Waals surface area (Å²) in [5.74, 6) is 2.91. The summed E-state index contributed by atoms with van der Waals surface area (Å²) >= 11 is 0. The minimum absolute atomic E-state index is 0. The Balaban J connectivity index is 0.000000396. The third-order valence-electron chi connectivity index (χ3n) is 23.6. The maximum atomic E-state index is 12.4. The van der Waals surface area contributed by atoms with E-state index in [1.165, 1.54) is 55.0 Å². The van der Waals surface area contributed by atoms with Crippen LogP contribution in [0.5, 0.6) is 0 Å². The van der Waals surface area contributed by atoms with Crippen LogP contribution in [0.15, 0.2) is 284 Å². The predicted molar refractivity (Wildman–Crippen MR) is 519 cm³/mol. The number of carbonyl (C=O) groups is 3. The Kier molecular flexibility index (Phi) is 56.1. The fourth-order valence-corrected chi connectivity index (χ4v) is 16.2. The van der Waals surface area contributed by atoms with E-state index in [1.54, 1.807) is 18.2 Å². The Morgan fingerprint density at radius 1 is 0.439 bits per heavy atom. The summed E-state index contributed by atoms with van der Waals surface area (Å²) in [4.78, 5) is 33.5. The van der Waals surface area contributed by atoms with Crippen molar-refractivity contribution < 1.29 is 130 Å². The number of allylic oxidation sites excluding steroid dienone is 6. The fraction of sp³-hybridized carbons (Fsp3) is 0.463. The van der Waals surface area contributed by atoms with Gasteiger partial charge in [-0.15, -0.1) is 9.18 Å². The molecule has 1 radical (unpaired) electrons. The first kappa shape index (κ1) is 117. The molecule has 18 nitrogen and oxygen atoms in total. The SMILES string of the molecule is C.C.C.CC(=O)O[C@@H]1C=C[C@H](C)[C@H]1COCc1ccccc1.CC(=O)O[C@@H]1C=C[C@H](O)[C@H]1COCc1ccccc1.CC1=CC[C@H](C)[C@H]1COCc1ccccc1.C[C@H]1C=CC(=O)[C@@H]1COCc1ccccc1.C[C@H]1C=C[C@@H](O)[C@@H]1COCc1ccccc1.C[C@H]1CC=C(OS(=O)(=O)C(F)(F)F)[C@@H]1COCc1ccccc1.C[C@H]1C[C@H]2O[C@H]2[C@@H]1COCc1ccccc1.[2H]PC.[CH3-].[Y]. The molecule has 1 saturated heterocycles. The number of halogens is 3. The molecule has 2 N–H and O–H groups in total. The quantitative estimate of drug-likeness (QED) is 0.00759. The van der Waals surface area contributed by atoms with Crippen molar-refractivity contribution in [3.63, 3.8) is 0 Å². The van der Waals surface area contributed by atoms with E-state index in [0.717, 1.165) is 60.5 Å². The van der Waals surface area contributed by atoms with Gasteiger partial charge in [-0.3, -0.25) is 14.4 Å². The van der Waals surface area contributed by atoms with Gasteiger partial charge in [0.25, 0.3) is 0 Å². The number of carbonyl (C=O) groups excluding carboxylic acids is 3. The third kappa shape index (κ3) is 41.5. The summed E-state index contributed by atoms with van der Waals surface area (Å²) in [6.45, 7) is 27.5. The van der Waals surface area contributed by atoms with Crippen molar-refractivity contribution in [2.24, 2.45) is 76.9 Å². The van der Waals surface area contributed by atoms with Gasteiger partial charge in [-0.05, 0) is 125 Å². The molecule has 723 valence electrons. The topological polar surface area (TPSA) is 231 Å². The van der Waals surface area contributed by atoms with Crippen molar-refractivity contribution in [1.29, 1.82) is 1.28 Å². The second-order valence-corrected chi connectivity index (χ2v) is 35.0. The number of ether oxygens (including phenoxy) is 10. The molecule has 8 aliphatic rings. The van der Waals surface area contributed by atoms with Crippen LogP contribution in [0.3, 0.4) is 0 Å². The largest absolute Gasteiger partial charge is 0.534 e. The Labute approximate surface area is 815 Å². The molecule has 132 heavy (non-hydrogen) atoms. The summed E-state index contributed by atoms with van der Waals surface area (Å²) in [6.07, 6.45) is 21.1. The van der Waals surface area contributed by atoms with E-state index < -0.39 is 33.8 Å². The van der Waals surface area contributed by atoms with Gasteiger partial charge in [0.2, 0.25) is 0 Å². The van der Waals surface area contributed by atoms with Gasteiger partial charge in [0, 0.05) is 76.1 Å². The van der Waals surface area contributed by atoms with E-state index in [9.17, 15) is 46.2 Å². The number of fused-ring (bicyclic) bond motifs is 1. The molecule has 1 heterocycles. The first-order valence-corrected chi connectivity index (χ1v) is 46.4. The summed E-state index contributed by atoms with van der Waals surface area (Å²) in [7, 11) is -5.31. The molecular weight excluding hydrogens is 1790 g/mol. The number of aliphatic hydroxyl groups excluding tert-OH is 2. The first-order chi connectivity index (χ1) is 61.6. The second kappa shape index (κ2) is 63.6. The van der Waals surface area contributed by atoms with Gasteiger partial charge in [-0.2, -0.15) is 21.6 Å². The van der Waals surface area contributed by atoms with Gasteiger partial charge < -0.3 is 69.2 Å². The Bertz CT molecular complexity index is 4450. The monoisotopic (exact) mass is 1940 g/mol. The van der Waals surface area contributed by atoms with Gasteiger partial charge in [-0.1, -0.05) is 325 Å². The van der Waals surface area contributed by atoms with Crippen LogP contribution in [-0.2, 0) is 155 Å². The van der Waals surface area contributed by atoms with Crippen LogP contribution < -0.4 is 0 Å². The summed E-state index contributed by atoms with van der Waals surface area (Å²) in [5, 5.41) is 19.5. The third-order valence-corrected chi connectivity index (χ3v) is 24.5. The zero-order chi connectivity index (χ0) is 92.2. The van der Waals surface area contributed by atoms with Gasteiger partial charge >= 0.3 is 27.6 Å². The van der Waals surface area contributed by atoms with Gasteiger partial charge in [0.15, 0.2) is 5.78 Å². The van der Waals surface area contributed by atoms with Crippen LogP contribution >= 0.6 is 9.18 Å². The molecule has 7 aliphatic carbocycles. The maximum absolute atomic E-state index is 12.4. The molecule has 1 aliphatic heterocycles. The molecule has 1 saturated carbocycles. The molecule has 20 atom stereocenters. The Morgan fingerprint density at radius 3 is 1.09 bits per heavy atom. The van der Waals surface area contributed by atoms with Crippen molar-refractivity contribution in [3.8, 4) is 0 Å². The van der Waals surface area contributed by atoms with E-state index in [4.69, 9.17) is 48.6 Å². The molecule has 24 heteroatoms. The van der Waals surface area contributed by atoms with Crippen molar-refractivity contribution >= 4 is 37.0 Å². The molecule has 15 rings (SSSR count). The van der Waals surface area contributed by atoms with Gasteiger partial charge in [-0.25, -0.2) is 0 Å². The van der Waals surface area contributed by atoms with Crippen molar-refractivity contribution in [1.82, 2.24) is 0 Å². The van der Waals surface area contributed by atoms with Gasteiger partial charge in [0.1, 0.15) is 18.0 Å². The summed E-state index contributed by atoms with van der Waals surface area (Å²) in [5.41, 5.74) is 4.06. The number of benzene rings is 7. The van der Waals surface area contributed by atoms with E-state index >= 15 is 0 Å². The number of alkyl halides is 3. The van der Waals surface area contributed by atoms with Crippen molar-refractivity contribution in [3.05, 3.63) is 331 Å². The molecule has 0 spiro atoms. The van der Waals surface area contributed by atoms with E-state index in [1.807, 2.05) is 196 Å². The summed E-state index contributed by atoms with van der Waals surface area (Å²) in [6, 6.07) is 70.0. The van der Waals surface area contributed by atoms with Crippen LogP contribution in [0.4, 0.5) is 13.2 Å². The average molecular weight is 1940 g/mol. The molecule has 0 aromatic heterocycles. The van der Waals surface area contributed by atoms with Crippen LogP contribution in [0.25, 0.3) is 0 Å². The van der Waals surface area contributed by atoms with Gasteiger partial charge in [0.05, 0.1) is 130 Å². The predicted octanol–water partition coefficient (Wildman–Crippen LogP) is 22.5. The fourth-order valence-electron chi connectivity index (χ4n) is 15.7. The molecule has 0 amide bonds. The molecule has 7 aromatic rings. The number of hydrogen-bond donors (Lipinski definition) is 2. The smallest absolute Gasteiger partial charge is 0.458 e. The normalized spacial score (nSPS) is 25.1. The molecule has 1 unspecified atom stereocenters. The van der Waals surface area contributed by atoms with E-state index in [2.05, 4.69) is 112 Å². The number of hydrogen-bond acceptors (Lipinski definition) is 18. The molecule has 7 aromatic carbocycles. The molecular formula is C108H147F3O18PSY-. The number of epoxide rings is 1. The van der Waals surface area contributed by atoms with Crippen LogP contribution in [-0.4, -0.2) is 133 Å². The second-order valence-electron chi connectivity index (χ2n) is 33.4.